The first-order valence-corrected chi connectivity index (χ1v) is 7.10. The Morgan fingerprint density at radius 2 is 2.06 bits per heavy atom. The molecule has 0 spiro atoms. The number of nitrogens with one attached hydrogen (secondary N) is 1. The Labute approximate surface area is 108 Å². The van der Waals surface area contributed by atoms with Crippen molar-refractivity contribution in [2.75, 3.05) is 18.5 Å². The van der Waals surface area contributed by atoms with Crippen LogP contribution in [0.3, 0.4) is 0 Å². The fourth-order valence-corrected chi connectivity index (χ4v) is 2.87. The number of anilines is 1. The predicted molar refractivity (Wildman–Crippen MR) is 70.8 cm³/mol. The van der Waals surface area contributed by atoms with Gasteiger partial charge in [-0.2, -0.15) is 0 Å². The number of ether oxygens (including phenoxy) is 1. The Hall–Kier alpha value is -1.16. The average molecular weight is 247 g/mol. The molecule has 18 heavy (non-hydrogen) atoms. The van der Waals surface area contributed by atoms with E-state index >= 15 is 0 Å². The van der Waals surface area contributed by atoms with Crippen LogP contribution in [0, 0.1) is 0 Å². The molecular weight excluding hydrogens is 226 g/mol. The van der Waals surface area contributed by atoms with Gasteiger partial charge in [0, 0.05) is 17.9 Å². The topological polar surface area (TPSA) is 47.0 Å². The van der Waals surface area contributed by atoms with E-state index in [9.17, 15) is 0 Å². The van der Waals surface area contributed by atoms with Crippen LogP contribution in [0.1, 0.15) is 43.4 Å². The third kappa shape index (κ3) is 2.64. The molecule has 1 unspecified atom stereocenters. The SMILES string of the molecule is c1nc2c(c(NC3CCCOC3)n1)CCCCC2. The maximum atomic E-state index is 5.52. The van der Waals surface area contributed by atoms with Crippen molar-refractivity contribution >= 4 is 5.82 Å². The van der Waals surface area contributed by atoms with Gasteiger partial charge in [-0.1, -0.05) is 6.42 Å². The molecular formula is C14H21N3O. The largest absolute Gasteiger partial charge is 0.379 e. The summed E-state index contributed by atoms with van der Waals surface area (Å²) in [6.45, 7) is 1.71. The number of fused-ring (bicyclic) bond motifs is 1. The first-order chi connectivity index (χ1) is 8.93. The maximum absolute atomic E-state index is 5.52. The van der Waals surface area contributed by atoms with Gasteiger partial charge >= 0.3 is 0 Å². The van der Waals surface area contributed by atoms with Gasteiger partial charge < -0.3 is 10.1 Å². The first-order valence-electron chi connectivity index (χ1n) is 7.10. The van der Waals surface area contributed by atoms with Gasteiger partial charge in [0.05, 0.1) is 12.6 Å². The van der Waals surface area contributed by atoms with Crippen molar-refractivity contribution in [1.29, 1.82) is 0 Å². The molecule has 1 fully saturated rings. The molecule has 0 amide bonds. The van der Waals surface area contributed by atoms with Crippen LogP contribution in [0.5, 0.6) is 0 Å². The van der Waals surface area contributed by atoms with Gasteiger partial charge in [-0.05, 0) is 38.5 Å². The zero-order chi connectivity index (χ0) is 12.2. The lowest BCUT2D eigenvalue weighted by atomic mass is 10.1. The molecule has 1 atom stereocenters. The van der Waals surface area contributed by atoms with Crippen LogP contribution in [-0.4, -0.2) is 29.2 Å². The standard InChI is InChI=1S/C14H21N3O/c1-2-6-12-13(7-3-1)15-10-16-14(12)17-11-5-4-8-18-9-11/h10-11H,1-9H2,(H,15,16,17). The maximum Gasteiger partial charge on any atom is 0.133 e. The molecule has 1 aromatic rings. The Kier molecular flexibility index (Phi) is 3.74. The Balaban J connectivity index is 1.78. The molecule has 0 bridgehead atoms. The average Bonchev–Trinajstić information content (AvgIpc) is 2.66. The van der Waals surface area contributed by atoms with E-state index < -0.39 is 0 Å². The van der Waals surface area contributed by atoms with Crippen molar-refractivity contribution in [2.45, 2.75) is 51.0 Å². The number of hydrogen-bond acceptors (Lipinski definition) is 4. The highest BCUT2D eigenvalue weighted by Crippen LogP contribution is 2.25. The minimum absolute atomic E-state index is 0.418. The zero-order valence-electron chi connectivity index (χ0n) is 10.8. The second-order valence-electron chi connectivity index (χ2n) is 5.27. The Morgan fingerprint density at radius 3 is 2.94 bits per heavy atom. The molecule has 0 radical (unpaired) electrons. The van der Waals surface area contributed by atoms with E-state index in [2.05, 4.69) is 15.3 Å². The van der Waals surface area contributed by atoms with Crippen LogP contribution in [0.4, 0.5) is 5.82 Å². The monoisotopic (exact) mass is 247 g/mol. The van der Waals surface area contributed by atoms with E-state index in [-0.39, 0.29) is 0 Å². The van der Waals surface area contributed by atoms with Crippen LogP contribution in [0.25, 0.3) is 0 Å². The van der Waals surface area contributed by atoms with E-state index in [1.165, 1.54) is 36.9 Å². The molecule has 0 saturated carbocycles. The predicted octanol–water partition coefficient (Wildman–Crippen LogP) is 2.34. The summed E-state index contributed by atoms with van der Waals surface area (Å²) in [4.78, 5) is 8.90. The lowest BCUT2D eigenvalue weighted by molar-refractivity contribution is 0.0875. The lowest BCUT2D eigenvalue weighted by Crippen LogP contribution is -2.31. The normalized spacial score (nSPS) is 24.1. The molecule has 4 heteroatoms. The second kappa shape index (κ2) is 5.65. The van der Waals surface area contributed by atoms with Crippen molar-refractivity contribution in [1.82, 2.24) is 9.97 Å². The summed E-state index contributed by atoms with van der Waals surface area (Å²) in [6, 6.07) is 0.418. The Bertz CT molecular complexity index is 402. The smallest absolute Gasteiger partial charge is 0.133 e. The number of hydrogen-bond donors (Lipinski definition) is 1. The summed E-state index contributed by atoms with van der Waals surface area (Å²) in [6.07, 6.45) is 10.1. The number of nitrogens with zero attached hydrogens (tertiary/aromatic N) is 2. The molecule has 1 N–H and O–H groups in total. The van der Waals surface area contributed by atoms with Crippen molar-refractivity contribution in [2.24, 2.45) is 0 Å². The summed E-state index contributed by atoms with van der Waals surface area (Å²) in [5.74, 6) is 1.05. The minimum atomic E-state index is 0.418. The molecule has 1 aromatic heterocycles. The van der Waals surface area contributed by atoms with E-state index in [1.807, 2.05) is 0 Å². The van der Waals surface area contributed by atoms with Crippen LogP contribution in [-0.2, 0) is 17.6 Å². The second-order valence-corrected chi connectivity index (χ2v) is 5.27. The van der Waals surface area contributed by atoms with Gasteiger partial charge in [0.15, 0.2) is 0 Å². The van der Waals surface area contributed by atoms with Crippen molar-refractivity contribution in [3.8, 4) is 0 Å². The van der Waals surface area contributed by atoms with Crippen molar-refractivity contribution < 1.29 is 4.74 Å². The molecule has 0 aromatic carbocycles. The summed E-state index contributed by atoms with van der Waals surface area (Å²) in [7, 11) is 0. The van der Waals surface area contributed by atoms with Crippen LogP contribution in [0.15, 0.2) is 6.33 Å². The summed E-state index contributed by atoms with van der Waals surface area (Å²) >= 11 is 0. The fraction of sp³-hybridized carbons (Fsp3) is 0.714. The number of aromatic nitrogens is 2. The highest BCUT2D eigenvalue weighted by Gasteiger charge is 2.18. The molecule has 2 heterocycles. The highest BCUT2D eigenvalue weighted by atomic mass is 16.5. The molecule has 3 rings (SSSR count). The van der Waals surface area contributed by atoms with Gasteiger partial charge in [0.1, 0.15) is 12.1 Å². The fourth-order valence-electron chi connectivity index (χ4n) is 2.87. The van der Waals surface area contributed by atoms with Crippen molar-refractivity contribution in [3.05, 3.63) is 17.6 Å². The highest BCUT2D eigenvalue weighted by molar-refractivity contribution is 5.47. The van der Waals surface area contributed by atoms with E-state index in [1.54, 1.807) is 6.33 Å². The number of aryl methyl sites for hydroxylation is 1. The van der Waals surface area contributed by atoms with Gasteiger partial charge in [0.2, 0.25) is 0 Å². The van der Waals surface area contributed by atoms with Crippen molar-refractivity contribution in [3.63, 3.8) is 0 Å². The first kappa shape index (κ1) is 11.9. The quantitative estimate of drug-likeness (QED) is 0.815. The Morgan fingerprint density at radius 1 is 1.11 bits per heavy atom. The molecule has 1 saturated heterocycles. The van der Waals surface area contributed by atoms with Crippen LogP contribution in [0.2, 0.25) is 0 Å². The van der Waals surface area contributed by atoms with E-state index in [0.717, 1.165) is 38.3 Å². The summed E-state index contributed by atoms with van der Waals surface area (Å²) in [5, 5.41) is 3.56. The van der Waals surface area contributed by atoms with E-state index in [0.29, 0.717) is 6.04 Å². The molecule has 98 valence electrons. The molecule has 2 aliphatic rings. The summed E-state index contributed by atoms with van der Waals surface area (Å²) < 4.78 is 5.52. The van der Waals surface area contributed by atoms with Crippen LogP contribution < -0.4 is 5.32 Å². The molecule has 1 aliphatic carbocycles. The molecule has 4 nitrogen and oxygen atoms in total. The lowest BCUT2D eigenvalue weighted by Gasteiger charge is -2.25. The number of rotatable bonds is 2. The molecule has 1 aliphatic heterocycles. The summed E-state index contributed by atoms with van der Waals surface area (Å²) in [5.41, 5.74) is 2.60. The van der Waals surface area contributed by atoms with Gasteiger partial charge in [0.25, 0.3) is 0 Å². The third-order valence-electron chi connectivity index (χ3n) is 3.88. The van der Waals surface area contributed by atoms with Gasteiger partial charge in [-0.15, -0.1) is 0 Å². The third-order valence-corrected chi connectivity index (χ3v) is 3.88. The van der Waals surface area contributed by atoms with Gasteiger partial charge in [-0.3, -0.25) is 0 Å². The minimum Gasteiger partial charge on any atom is -0.379 e. The van der Waals surface area contributed by atoms with Gasteiger partial charge in [-0.25, -0.2) is 9.97 Å². The van der Waals surface area contributed by atoms with Crippen LogP contribution >= 0.6 is 0 Å². The van der Waals surface area contributed by atoms with E-state index in [4.69, 9.17) is 4.74 Å². The zero-order valence-corrected chi connectivity index (χ0v) is 10.8.